The summed E-state index contributed by atoms with van der Waals surface area (Å²) in [7, 11) is -3.56. The Labute approximate surface area is 168 Å². The molecule has 1 fully saturated rings. The summed E-state index contributed by atoms with van der Waals surface area (Å²) in [5, 5.41) is 3.66. The van der Waals surface area contributed by atoms with Crippen LogP contribution >= 0.6 is 11.6 Å². The number of anilines is 1. The van der Waals surface area contributed by atoms with Crippen molar-refractivity contribution in [2.75, 3.05) is 18.4 Å². The van der Waals surface area contributed by atoms with E-state index in [-0.39, 0.29) is 35.6 Å². The predicted octanol–water partition coefficient (Wildman–Crippen LogP) is 4.13. The molecule has 0 spiro atoms. The van der Waals surface area contributed by atoms with E-state index in [2.05, 4.69) is 5.32 Å². The second kappa shape index (κ2) is 8.86. The number of halogens is 2. The first-order chi connectivity index (χ1) is 13.4. The number of benzene rings is 2. The largest absolute Gasteiger partial charge is 0.323 e. The standard InChI is InChI=1S/C20H20ClFN2O3S/c21-17-7-4-8-18(19(17)22)23-20(25)16-9-12-24(13-10-16)28(26,27)14-11-15-5-2-1-3-6-15/h1-8,11,14,16H,9-10,12-13H2,(H,23,25)/b14-11+. The third-order valence-electron chi connectivity index (χ3n) is 4.63. The number of nitrogens with one attached hydrogen (secondary N) is 1. The van der Waals surface area contributed by atoms with Gasteiger partial charge in [0, 0.05) is 24.4 Å². The highest BCUT2D eigenvalue weighted by Crippen LogP contribution is 2.25. The summed E-state index contributed by atoms with van der Waals surface area (Å²) in [5.41, 5.74) is 0.822. The monoisotopic (exact) mass is 422 g/mol. The molecule has 1 heterocycles. The Hall–Kier alpha value is -2.22. The Morgan fingerprint density at radius 3 is 2.46 bits per heavy atom. The number of hydrogen-bond donors (Lipinski definition) is 1. The van der Waals surface area contributed by atoms with E-state index < -0.39 is 15.8 Å². The Morgan fingerprint density at radius 2 is 1.79 bits per heavy atom. The Morgan fingerprint density at radius 1 is 1.11 bits per heavy atom. The average Bonchev–Trinajstić information content (AvgIpc) is 2.71. The lowest BCUT2D eigenvalue weighted by molar-refractivity contribution is -0.120. The van der Waals surface area contributed by atoms with Crippen molar-refractivity contribution in [1.29, 1.82) is 0 Å². The first-order valence-electron chi connectivity index (χ1n) is 8.85. The van der Waals surface area contributed by atoms with Gasteiger partial charge in [-0.15, -0.1) is 0 Å². The molecular formula is C20H20ClFN2O3S. The Balaban J connectivity index is 1.58. The Bertz CT molecular complexity index is 972. The van der Waals surface area contributed by atoms with Gasteiger partial charge in [0.15, 0.2) is 5.82 Å². The molecule has 5 nitrogen and oxygen atoms in total. The fourth-order valence-electron chi connectivity index (χ4n) is 3.02. The summed E-state index contributed by atoms with van der Waals surface area (Å²) in [5.74, 6) is -1.40. The second-order valence-corrected chi connectivity index (χ2v) is 8.75. The zero-order valence-corrected chi connectivity index (χ0v) is 16.6. The molecule has 28 heavy (non-hydrogen) atoms. The topological polar surface area (TPSA) is 66.5 Å². The van der Waals surface area contributed by atoms with Gasteiger partial charge >= 0.3 is 0 Å². The summed E-state index contributed by atoms with van der Waals surface area (Å²) in [6.45, 7) is 0.467. The molecule has 3 rings (SSSR count). The van der Waals surface area contributed by atoms with Crippen LogP contribution in [0.15, 0.2) is 53.9 Å². The molecule has 0 unspecified atom stereocenters. The highest BCUT2D eigenvalue weighted by molar-refractivity contribution is 7.92. The van der Waals surface area contributed by atoms with Gasteiger partial charge < -0.3 is 5.32 Å². The van der Waals surface area contributed by atoms with Crippen molar-refractivity contribution in [3.05, 3.63) is 70.3 Å². The van der Waals surface area contributed by atoms with Crippen molar-refractivity contribution in [3.63, 3.8) is 0 Å². The maximum absolute atomic E-state index is 13.9. The fourth-order valence-corrected chi connectivity index (χ4v) is 4.42. The predicted molar refractivity (Wildman–Crippen MR) is 109 cm³/mol. The normalized spacial score (nSPS) is 16.4. The zero-order valence-electron chi connectivity index (χ0n) is 15.0. The number of carbonyl (C=O) groups excluding carboxylic acids is 1. The quantitative estimate of drug-likeness (QED) is 0.787. The highest BCUT2D eigenvalue weighted by atomic mass is 35.5. The lowest BCUT2D eigenvalue weighted by Crippen LogP contribution is -2.40. The summed E-state index contributed by atoms with van der Waals surface area (Å²) in [6, 6.07) is 13.5. The molecule has 8 heteroatoms. The van der Waals surface area contributed by atoms with Gasteiger partial charge in [0.1, 0.15) is 0 Å². The molecule has 0 aromatic heterocycles. The third-order valence-corrected chi connectivity index (χ3v) is 6.48. The van der Waals surface area contributed by atoms with Crippen molar-refractivity contribution in [1.82, 2.24) is 4.31 Å². The molecule has 148 valence electrons. The molecular weight excluding hydrogens is 403 g/mol. The van der Waals surface area contributed by atoms with Crippen LogP contribution in [0, 0.1) is 11.7 Å². The smallest absolute Gasteiger partial charge is 0.236 e. The van der Waals surface area contributed by atoms with Crippen molar-refractivity contribution in [2.45, 2.75) is 12.8 Å². The van der Waals surface area contributed by atoms with Crippen molar-refractivity contribution in [3.8, 4) is 0 Å². The molecule has 0 atom stereocenters. The van der Waals surface area contributed by atoms with E-state index in [0.717, 1.165) is 5.56 Å². The molecule has 1 amide bonds. The van der Waals surface area contributed by atoms with E-state index in [4.69, 9.17) is 11.6 Å². The molecule has 0 radical (unpaired) electrons. The van der Waals surface area contributed by atoms with E-state index in [9.17, 15) is 17.6 Å². The second-order valence-electron chi connectivity index (χ2n) is 6.52. The van der Waals surface area contributed by atoms with Crippen LogP contribution < -0.4 is 5.32 Å². The summed E-state index contributed by atoms with van der Waals surface area (Å²) >= 11 is 5.72. The van der Waals surface area contributed by atoms with Crippen LogP contribution in [0.25, 0.3) is 6.08 Å². The van der Waals surface area contributed by atoms with Gasteiger partial charge in [-0.1, -0.05) is 48.0 Å². The van der Waals surface area contributed by atoms with Gasteiger partial charge in [-0.2, -0.15) is 4.31 Å². The third kappa shape index (κ3) is 4.98. The van der Waals surface area contributed by atoms with Gasteiger partial charge in [-0.05, 0) is 36.6 Å². The molecule has 0 bridgehead atoms. The number of sulfonamides is 1. The van der Waals surface area contributed by atoms with E-state index in [0.29, 0.717) is 12.8 Å². The van der Waals surface area contributed by atoms with Gasteiger partial charge in [0.25, 0.3) is 0 Å². The van der Waals surface area contributed by atoms with Crippen molar-refractivity contribution in [2.24, 2.45) is 5.92 Å². The molecule has 0 aliphatic carbocycles. The van der Waals surface area contributed by atoms with E-state index in [1.807, 2.05) is 30.3 Å². The van der Waals surface area contributed by atoms with Crippen LogP contribution in [0.2, 0.25) is 5.02 Å². The van der Waals surface area contributed by atoms with Gasteiger partial charge in [0.05, 0.1) is 10.7 Å². The van der Waals surface area contributed by atoms with E-state index >= 15 is 0 Å². The van der Waals surface area contributed by atoms with Crippen molar-refractivity contribution < 1.29 is 17.6 Å². The zero-order chi connectivity index (χ0) is 20.1. The first-order valence-corrected chi connectivity index (χ1v) is 10.7. The molecule has 2 aromatic carbocycles. The number of amides is 1. The van der Waals surface area contributed by atoms with Crippen LogP contribution in [0.5, 0.6) is 0 Å². The molecule has 1 saturated heterocycles. The Kier molecular flexibility index (Phi) is 6.49. The number of rotatable bonds is 5. The highest BCUT2D eigenvalue weighted by Gasteiger charge is 2.30. The minimum absolute atomic E-state index is 0.0262. The molecule has 1 aliphatic rings. The molecule has 2 aromatic rings. The fraction of sp³-hybridized carbons (Fsp3) is 0.250. The summed E-state index contributed by atoms with van der Waals surface area (Å²) in [6.07, 6.45) is 2.29. The SMILES string of the molecule is O=C(Nc1cccc(Cl)c1F)C1CCN(S(=O)(=O)/C=C/c2ccccc2)CC1. The van der Waals surface area contributed by atoms with Gasteiger partial charge in [0.2, 0.25) is 15.9 Å². The summed E-state index contributed by atoms with van der Waals surface area (Å²) < 4.78 is 40.3. The lowest BCUT2D eigenvalue weighted by atomic mass is 9.97. The van der Waals surface area contributed by atoms with E-state index in [1.54, 1.807) is 12.1 Å². The molecule has 1 N–H and O–H groups in total. The number of hydrogen-bond acceptors (Lipinski definition) is 3. The van der Waals surface area contributed by atoms with Crippen LogP contribution in [0.4, 0.5) is 10.1 Å². The van der Waals surface area contributed by atoms with Crippen LogP contribution in [0.1, 0.15) is 18.4 Å². The van der Waals surface area contributed by atoms with Crippen LogP contribution in [-0.4, -0.2) is 31.7 Å². The minimum Gasteiger partial charge on any atom is -0.323 e. The van der Waals surface area contributed by atoms with Gasteiger partial charge in [-0.3, -0.25) is 4.79 Å². The maximum atomic E-state index is 13.9. The van der Waals surface area contributed by atoms with Crippen molar-refractivity contribution >= 4 is 39.3 Å². The molecule has 1 aliphatic heterocycles. The number of piperidine rings is 1. The molecule has 0 saturated carbocycles. The van der Waals surface area contributed by atoms with Gasteiger partial charge in [-0.25, -0.2) is 12.8 Å². The van der Waals surface area contributed by atoms with Crippen LogP contribution in [-0.2, 0) is 14.8 Å². The van der Waals surface area contributed by atoms with E-state index in [1.165, 1.54) is 21.8 Å². The van der Waals surface area contributed by atoms with Crippen LogP contribution in [0.3, 0.4) is 0 Å². The summed E-state index contributed by atoms with van der Waals surface area (Å²) in [4.78, 5) is 12.4. The lowest BCUT2D eigenvalue weighted by Gasteiger charge is -2.29. The first kappa shape index (κ1) is 20.5. The minimum atomic E-state index is -3.56. The number of nitrogens with zero attached hydrogens (tertiary/aromatic N) is 1. The average molecular weight is 423 g/mol. The maximum Gasteiger partial charge on any atom is 0.236 e. The number of carbonyl (C=O) groups is 1.